The fourth-order valence-corrected chi connectivity index (χ4v) is 3.89. The van der Waals surface area contributed by atoms with Crippen LogP contribution in [0.2, 0.25) is 5.15 Å². The summed E-state index contributed by atoms with van der Waals surface area (Å²) >= 11 is 6.46. The van der Waals surface area contributed by atoms with Gasteiger partial charge in [0.25, 0.3) is 0 Å². The van der Waals surface area contributed by atoms with E-state index in [2.05, 4.69) is 0 Å². The summed E-state index contributed by atoms with van der Waals surface area (Å²) in [4.78, 5) is 51.6. The highest BCUT2D eigenvalue weighted by Gasteiger charge is 2.45. The molecular weight excluding hydrogens is 430 g/mol. The Kier molecular flexibility index (Phi) is 6.16. The van der Waals surface area contributed by atoms with Crippen LogP contribution in [-0.2, 0) is 38.1 Å². The minimum atomic E-state index is -1.54. The number of ether oxygens (including phenoxy) is 4. The highest BCUT2D eigenvalue weighted by Crippen LogP contribution is 2.44. The smallest absolute Gasteiger partial charge is 0.339 e. The zero-order valence-electron chi connectivity index (χ0n) is 17.1. The molecule has 10 heteroatoms. The van der Waals surface area contributed by atoms with E-state index in [-0.39, 0.29) is 16.3 Å². The molecular formula is C21H18ClNO8. The van der Waals surface area contributed by atoms with Crippen LogP contribution < -0.4 is 0 Å². The maximum atomic E-state index is 12.9. The van der Waals surface area contributed by atoms with E-state index in [9.17, 15) is 19.2 Å². The van der Waals surface area contributed by atoms with Crippen molar-refractivity contribution in [3.8, 4) is 0 Å². The van der Waals surface area contributed by atoms with E-state index in [1.165, 1.54) is 4.57 Å². The van der Waals surface area contributed by atoms with E-state index in [1.807, 2.05) is 0 Å². The Morgan fingerprint density at radius 2 is 1.42 bits per heavy atom. The maximum absolute atomic E-state index is 12.9. The Labute approximate surface area is 182 Å². The number of aromatic nitrogens is 1. The SMILES string of the molecule is COC(=O)C1=C2C=CC=Cc3cc(Cl)n(c32)C(C(=O)OC)C(C(=O)OC)=C1C(=O)OC. The van der Waals surface area contributed by atoms with Crippen LogP contribution in [0.3, 0.4) is 0 Å². The van der Waals surface area contributed by atoms with Crippen LogP contribution in [0, 0.1) is 0 Å². The number of hydrogen-bond donors (Lipinski definition) is 0. The van der Waals surface area contributed by atoms with Crippen LogP contribution in [0.15, 0.2) is 41.0 Å². The Morgan fingerprint density at radius 1 is 0.839 bits per heavy atom. The van der Waals surface area contributed by atoms with Crippen molar-refractivity contribution < 1.29 is 38.1 Å². The first kappa shape index (κ1) is 22.1. The van der Waals surface area contributed by atoms with Gasteiger partial charge in [-0.15, -0.1) is 0 Å². The number of methoxy groups -OCH3 is 4. The predicted molar refractivity (Wildman–Crippen MR) is 109 cm³/mol. The molecule has 0 spiro atoms. The number of rotatable bonds is 4. The molecule has 0 radical (unpaired) electrons. The van der Waals surface area contributed by atoms with Gasteiger partial charge in [-0.25, -0.2) is 19.2 Å². The molecule has 1 aliphatic heterocycles. The Balaban J connectivity index is 2.63. The molecule has 1 aromatic rings. The molecule has 2 aliphatic rings. The van der Waals surface area contributed by atoms with Gasteiger partial charge in [0, 0.05) is 11.1 Å². The molecule has 2 heterocycles. The van der Waals surface area contributed by atoms with Gasteiger partial charge in [0.15, 0.2) is 6.04 Å². The molecule has 31 heavy (non-hydrogen) atoms. The molecule has 162 valence electrons. The van der Waals surface area contributed by atoms with E-state index in [4.69, 9.17) is 30.5 Å². The summed E-state index contributed by atoms with van der Waals surface area (Å²) in [6.45, 7) is 0. The molecule has 0 aromatic carbocycles. The number of hydrogen-bond acceptors (Lipinski definition) is 8. The van der Waals surface area contributed by atoms with Crippen LogP contribution in [0.1, 0.15) is 17.3 Å². The van der Waals surface area contributed by atoms with E-state index >= 15 is 0 Å². The fraction of sp³-hybridized carbons (Fsp3) is 0.238. The standard InChI is InChI=1S/C21H18ClNO8/c1-28-18(24)13-11-8-6-5-7-10-9-12(22)23(16(10)11)17(21(27)31-4)15(20(26)30-3)14(13)19(25)29-2/h5-9,17H,1-4H3. The van der Waals surface area contributed by atoms with Crippen molar-refractivity contribution in [2.45, 2.75) is 6.04 Å². The third kappa shape index (κ3) is 3.46. The van der Waals surface area contributed by atoms with Gasteiger partial charge in [-0.1, -0.05) is 35.9 Å². The Hall–Kier alpha value is -3.59. The summed E-state index contributed by atoms with van der Waals surface area (Å²) in [5.74, 6) is -3.93. The summed E-state index contributed by atoms with van der Waals surface area (Å²) in [6, 6.07) is 0.0170. The second kappa shape index (κ2) is 8.65. The minimum absolute atomic E-state index is 0.0644. The molecule has 1 aliphatic carbocycles. The summed E-state index contributed by atoms with van der Waals surface area (Å²) in [5.41, 5.74) is -0.184. The average Bonchev–Trinajstić information content (AvgIpc) is 2.91. The van der Waals surface area contributed by atoms with Gasteiger partial charge >= 0.3 is 23.9 Å². The first-order valence-electron chi connectivity index (χ1n) is 8.89. The molecule has 1 atom stereocenters. The van der Waals surface area contributed by atoms with Gasteiger partial charge in [-0.05, 0) is 6.07 Å². The second-order valence-corrected chi connectivity index (χ2v) is 6.72. The zero-order valence-corrected chi connectivity index (χ0v) is 17.8. The first-order valence-corrected chi connectivity index (χ1v) is 9.27. The number of carbonyl (C=O) groups excluding carboxylic acids is 4. The molecule has 1 unspecified atom stereocenters. The van der Waals surface area contributed by atoms with E-state index in [1.54, 1.807) is 30.4 Å². The highest BCUT2D eigenvalue weighted by atomic mass is 35.5. The minimum Gasteiger partial charge on any atom is -0.467 e. The van der Waals surface area contributed by atoms with E-state index in [0.29, 0.717) is 11.3 Å². The molecule has 3 rings (SSSR count). The van der Waals surface area contributed by atoms with Crippen molar-refractivity contribution in [2.24, 2.45) is 0 Å². The Morgan fingerprint density at radius 3 is 2.00 bits per heavy atom. The molecule has 1 aromatic heterocycles. The molecule has 0 saturated heterocycles. The summed E-state index contributed by atoms with van der Waals surface area (Å²) in [5, 5.41) is 0.0644. The quantitative estimate of drug-likeness (QED) is 0.509. The van der Waals surface area contributed by atoms with E-state index in [0.717, 1.165) is 28.4 Å². The number of halogens is 1. The first-order chi connectivity index (χ1) is 14.8. The Bertz CT molecular complexity index is 1120. The number of esters is 4. The van der Waals surface area contributed by atoms with Gasteiger partial charge in [-0.3, -0.25) is 0 Å². The van der Waals surface area contributed by atoms with Crippen molar-refractivity contribution >= 4 is 47.1 Å². The van der Waals surface area contributed by atoms with Crippen LogP contribution in [0.25, 0.3) is 11.6 Å². The van der Waals surface area contributed by atoms with Gasteiger partial charge in [-0.2, -0.15) is 0 Å². The molecule has 0 amide bonds. The van der Waals surface area contributed by atoms with Crippen LogP contribution in [0.5, 0.6) is 0 Å². The fourth-order valence-electron chi connectivity index (χ4n) is 3.59. The van der Waals surface area contributed by atoms with Gasteiger partial charge in [0.05, 0.1) is 50.9 Å². The number of carbonyl (C=O) groups is 4. The van der Waals surface area contributed by atoms with Crippen molar-refractivity contribution in [3.05, 3.63) is 57.4 Å². The van der Waals surface area contributed by atoms with Gasteiger partial charge in [0.1, 0.15) is 5.15 Å². The molecule has 0 saturated carbocycles. The zero-order chi connectivity index (χ0) is 22.9. The molecule has 0 bridgehead atoms. The van der Waals surface area contributed by atoms with Gasteiger partial charge in [0.2, 0.25) is 0 Å². The van der Waals surface area contributed by atoms with Crippen molar-refractivity contribution in [1.82, 2.24) is 4.57 Å². The van der Waals surface area contributed by atoms with Gasteiger partial charge < -0.3 is 23.5 Å². The predicted octanol–water partition coefficient (Wildman–Crippen LogP) is 2.02. The topological polar surface area (TPSA) is 110 Å². The monoisotopic (exact) mass is 447 g/mol. The average molecular weight is 448 g/mol. The lowest BCUT2D eigenvalue weighted by atomic mass is 9.91. The third-order valence-electron chi connectivity index (χ3n) is 4.85. The highest BCUT2D eigenvalue weighted by molar-refractivity contribution is 6.30. The van der Waals surface area contributed by atoms with Crippen molar-refractivity contribution in [3.63, 3.8) is 0 Å². The largest absolute Gasteiger partial charge is 0.467 e. The number of nitrogens with zero attached hydrogens (tertiary/aromatic N) is 1. The summed E-state index contributed by atoms with van der Waals surface area (Å²) < 4.78 is 20.8. The van der Waals surface area contributed by atoms with Crippen molar-refractivity contribution in [2.75, 3.05) is 28.4 Å². The maximum Gasteiger partial charge on any atom is 0.339 e. The normalized spacial score (nSPS) is 16.9. The number of allylic oxidation sites excluding steroid dienone is 4. The molecule has 0 N–H and O–H groups in total. The van der Waals surface area contributed by atoms with Crippen LogP contribution >= 0.6 is 11.6 Å². The van der Waals surface area contributed by atoms with E-state index < -0.39 is 41.1 Å². The lowest BCUT2D eigenvalue weighted by Gasteiger charge is -2.21. The second-order valence-electron chi connectivity index (χ2n) is 6.34. The van der Waals surface area contributed by atoms with Crippen LogP contribution in [-0.4, -0.2) is 56.9 Å². The van der Waals surface area contributed by atoms with Crippen molar-refractivity contribution in [1.29, 1.82) is 0 Å². The third-order valence-corrected chi connectivity index (χ3v) is 5.14. The summed E-state index contributed by atoms with van der Waals surface area (Å²) in [7, 11) is 4.38. The lowest BCUT2D eigenvalue weighted by molar-refractivity contribution is -0.147. The molecule has 9 nitrogen and oxygen atoms in total. The lowest BCUT2D eigenvalue weighted by Crippen LogP contribution is -2.30. The summed E-state index contributed by atoms with van der Waals surface area (Å²) in [6.07, 6.45) is 6.56. The van der Waals surface area contributed by atoms with Crippen LogP contribution in [0.4, 0.5) is 0 Å². The molecule has 0 fully saturated rings.